The number of benzene rings is 1. The van der Waals surface area contributed by atoms with E-state index in [2.05, 4.69) is 15.3 Å². The van der Waals surface area contributed by atoms with Crippen LogP contribution < -0.4 is 10.9 Å². The third-order valence-corrected chi connectivity index (χ3v) is 3.54. The topological polar surface area (TPSA) is 74.8 Å². The molecular formula is C16H17F2N3O2. The van der Waals surface area contributed by atoms with Crippen molar-refractivity contribution in [2.75, 3.05) is 6.54 Å². The molecule has 0 spiro atoms. The van der Waals surface area contributed by atoms with Gasteiger partial charge in [-0.05, 0) is 24.0 Å². The van der Waals surface area contributed by atoms with Crippen LogP contribution in [0.4, 0.5) is 8.78 Å². The minimum absolute atomic E-state index is 0.0191. The first-order valence-corrected chi connectivity index (χ1v) is 7.27. The molecular weight excluding hydrogens is 304 g/mol. The summed E-state index contributed by atoms with van der Waals surface area (Å²) in [4.78, 5) is 29.2. The van der Waals surface area contributed by atoms with E-state index in [1.165, 1.54) is 24.4 Å². The van der Waals surface area contributed by atoms with Gasteiger partial charge in [0, 0.05) is 24.9 Å². The third-order valence-electron chi connectivity index (χ3n) is 3.54. The molecule has 23 heavy (non-hydrogen) atoms. The van der Waals surface area contributed by atoms with Crippen LogP contribution in [0.3, 0.4) is 0 Å². The number of nitrogens with one attached hydrogen (secondary N) is 2. The number of nitrogens with zero attached hydrogens (tertiary/aromatic N) is 1. The molecule has 0 saturated heterocycles. The first-order valence-electron chi connectivity index (χ1n) is 7.27. The molecule has 1 atom stereocenters. The Labute approximate surface area is 131 Å². The van der Waals surface area contributed by atoms with E-state index in [9.17, 15) is 18.4 Å². The van der Waals surface area contributed by atoms with Crippen LogP contribution in [0.2, 0.25) is 0 Å². The average molecular weight is 321 g/mol. The molecule has 0 aliphatic carbocycles. The van der Waals surface area contributed by atoms with E-state index in [1.807, 2.05) is 6.92 Å². The van der Waals surface area contributed by atoms with Crippen LogP contribution in [0.5, 0.6) is 0 Å². The second kappa shape index (κ2) is 7.62. The number of hydrogen-bond acceptors (Lipinski definition) is 3. The number of rotatable bonds is 6. The summed E-state index contributed by atoms with van der Waals surface area (Å²) in [5.74, 6) is -1.80. The summed E-state index contributed by atoms with van der Waals surface area (Å²) in [6, 6.07) is 4.68. The van der Waals surface area contributed by atoms with Crippen molar-refractivity contribution in [1.82, 2.24) is 15.3 Å². The summed E-state index contributed by atoms with van der Waals surface area (Å²) in [6.45, 7) is 2.21. The van der Waals surface area contributed by atoms with Crippen molar-refractivity contribution >= 4 is 5.91 Å². The molecule has 0 saturated carbocycles. The van der Waals surface area contributed by atoms with Crippen LogP contribution in [-0.4, -0.2) is 22.4 Å². The lowest BCUT2D eigenvalue weighted by atomic mass is 9.96. The second-order valence-electron chi connectivity index (χ2n) is 5.21. The molecule has 1 heterocycles. The molecule has 0 aliphatic heterocycles. The molecule has 0 unspecified atom stereocenters. The first-order chi connectivity index (χ1) is 11.0. The number of carbonyl (C=O) groups excluding carboxylic acids is 1. The maximum atomic E-state index is 13.7. The van der Waals surface area contributed by atoms with E-state index < -0.39 is 23.1 Å². The van der Waals surface area contributed by atoms with Crippen molar-refractivity contribution in [3.63, 3.8) is 0 Å². The zero-order valence-electron chi connectivity index (χ0n) is 12.6. The largest absolute Gasteiger partial charge is 0.349 e. The molecule has 7 heteroatoms. The lowest BCUT2D eigenvalue weighted by Crippen LogP contribution is -2.32. The van der Waals surface area contributed by atoms with Crippen LogP contribution in [0.25, 0.3) is 0 Å². The molecule has 5 nitrogen and oxygen atoms in total. The number of hydrogen-bond donors (Lipinski definition) is 2. The Hall–Kier alpha value is -2.57. The van der Waals surface area contributed by atoms with Gasteiger partial charge in [-0.2, -0.15) is 0 Å². The average Bonchev–Trinajstić information content (AvgIpc) is 2.53. The Kier molecular flexibility index (Phi) is 5.56. The van der Waals surface area contributed by atoms with Gasteiger partial charge in [-0.3, -0.25) is 9.59 Å². The molecule has 2 rings (SSSR count). The van der Waals surface area contributed by atoms with Crippen LogP contribution in [0.15, 0.2) is 35.3 Å². The molecule has 1 aromatic carbocycles. The van der Waals surface area contributed by atoms with Crippen molar-refractivity contribution in [3.8, 4) is 0 Å². The molecule has 0 aliphatic rings. The molecule has 2 aromatic rings. The molecule has 1 aromatic heterocycles. The van der Waals surface area contributed by atoms with Gasteiger partial charge in [0.1, 0.15) is 11.6 Å². The van der Waals surface area contributed by atoms with Gasteiger partial charge in [0.25, 0.3) is 11.5 Å². The van der Waals surface area contributed by atoms with Crippen molar-refractivity contribution in [3.05, 3.63) is 63.8 Å². The highest BCUT2D eigenvalue weighted by molar-refractivity contribution is 5.90. The summed E-state index contributed by atoms with van der Waals surface area (Å²) in [6.07, 6.45) is 2.33. The number of halogens is 2. The Morgan fingerprint density at radius 2 is 2.13 bits per heavy atom. The number of H-pyrrole nitrogens is 1. The third kappa shape index (κ3) is 4.70. The monoisotopic (exact) mass is 321 g/mol. The molecule has 2 N–H and O–H groups in total. The van der Waals surface area contributed by atoms with E-state index in [0.717, 1.165) is 6.07 Å². The number of aromatic nitrogens is 2. The molecule has 0 fully saturated rings. The summed E-state index contributed by atoms with van der Waals surface area (Å²) >= 11 is 0. The Morgan fingerprint density at radius 1 is 1.35 bits per heavy atom. The van der Waals surface area contributed by atoms with Gasteiger partial charge in [0.05, 0.1) is 0 Å². The highest BCUT2D eigenvalue weighted by Crippen LogP contribution is 2.16. The summed E-state index contributed by atoms with van der Waals surface area (Å²) in [5, 5.41) is 2.66. The zero-order chi connectivity index (χ0) is 16.8. The van der Waals surface area contributed by atoms with E-state index in [1.54, 1.807) is 0 Å². The minimum Gasteiger partial charge on any atom is -0.349 e. The highest BCUT2D eigenvalue weighted by atomic mass is 19.1. The van der Waals surface area contributed by atoms with E-state index in [0.29, 0.717) is 24.9 Å². The highest BCUT2D eigenvalue weighted by Gasteiger charge is 2.14. The summed E-state index contributed by atoms with van der Waals surface area (Å²) < 4.78 is 26.6. The normalized spacial score (nSPS) is 12.0. The van der Waals surface area contributed by atoms with E-state index in [-0.39, 0.29) is 11.7 Å². The lowest BCUT2D eigenvalue weighted by molar-refractivity contribution is 0.0936. The van der Waals surface area contributed by atoms with Crippen molar-refractivity contribution in [1.29, 1.82) is 0 Å². The quantitative estimate of drug-likeness (QED) is 0.855. The van der Waals surface area contributed by atoms with Crippen molar-refractivity contribution in [2.45, 2.75) is 19.8 Å². The van der Waals surface area contributed by atoms with Gasteiger partial charge >= 0.3 is 0 Å². The van der Waals surface area contributed by atoms with Crippen LogP contribution in [-0.2, 0) is 6.42 Å². The van der Waals surface area contributed by atoms with Gasteiger partial charge in [-0.15, -0.1) is 0 Å². The standard InChI is InChI=1S/C16H17F2N3O2/c1-2-10(7-11-3-4-12(17)8-13(11)18)9-20-16(23)15-19-6-5-14(22)21-15/h3-6,8,10H,2,7,9H2,1H3,(H,20,23)(H,19,21,22)/t10-/m0/s1. The van der Waals surface area contributed by atoms with Gasteiger partial charge < -0.3 is 10.3 Å². The summed E-state index contributed by atoms with van der Waals surface area (Å²) in [5.41, 5.74) is -0.00989. The summed E-state index contributed by atoms with van der Waals surface area (Å²) in [7, 11) is 0. The SMILES string of the molecule is CC[C@H](CNC(=O)c1nccc(=O)[nH]1)Cc1ccc(F)cc1F. The lowest BCUT2D eigenvalue weighted by Gasteiger charge is -2.16. The Bertz CT molecular complexity index is 746. The number of carbonyl (C=O) groups is 1. The van der Waals surface area contributed by atoms with Crippen LogP contribution in [0, 0.1) is 17.6 Å². The second-order valence-corrected chi connectivity index (χ2v) is 5.21. The minimum atomic E-state index is -0.619. The predicted molar refractivity (Wildman–Crippen MR) is 81.0 cm³/mol. The van der Waals surface area contributed by atoms with E-state index in [4.69, 9.17) is 0 Å². The van der Waals surface area contributed by atoms with Gasteiger partial charge in [0.2, 0.25) is 0 Å². The maximum Gasteiger partial charge on any atom is 0.287 e. The Balaban J connectivity index is 1.97. The van der Waals surface area contributed by atoms with E-state index >= 15 is 0 Å². The van der Waals surface area contributed by atoms with Gasteiger partial charge in [0.15, 0.2) is 5.82 Å². The number of amides is 1. The first kappa shape index (κ1) is 16.8. The van der Waals surface area contributed by atoms with Crippen LogP contribution >= 0.6 is 0 Å². The fourth-order valence-electron chi connectivity index (χ4n) is 2.17. The molecule has 1 amide bonds. The fourth-order valence-corrected chi connectivity index (χ4v) is 2.17. The maximum absolute atomic E-state index is 13.7. The van der Waals surface area contributed by atoms with Crippen molar-refractivity contribution < 1.29 is 13.6 Å². The van der Waals surface area contributed by atoms with Crippen LogP contribution in [0.1, 0.15) is 29.5 Å². The molecule has 0 radical (unpaired) electrons. The predicted octanol–water partition coefficient (Wildman–Crippen LogP) is 2.05. The van der Waals surface area contributed by atoms with Crippen molar-refractivity contribution in [2.24, 2.45) is 5.92 Å². The number of aromatic amines is 1. The zero-order valence-corrected chi connectivity index (χ0v) is 12.6. The smallest absolute Gasteiger partial charge is 0.287 e. The van der Waals surface area contributed by atoms with Gasteiger partial charge in [-0.1, -0.05) is 19.4 Å². The molecule has 122 valence electrons. The molecule has 0 bridgehead atoms. The van der Waals surface area contributed by atoms with Gasteiger partial charge in [-0.25, -0.2) is 13.8 Å². The Morgan fingerprint density at radius 3 is 2.78 bits per heavy atom. The fraction of sp³-hybridized carbons (Fsp3) is 0.312.